The van der Waals surface area contributed by atoms with E-state index in [9.17, 15) is 18.4 Å². The van der Waals surface area contributed by atoms with Crippen molar-refractivity contribution in [3.8, 4) is 11.5 Å². The van der Waals surface area contributed by atoms with Gasteiger partial charge in [0.15, 0.2) is 11.5 Å². The SMILES string of the molecule is CCN(C(=O)Cn1ncc2c(c1=O)c1ccccc1n2Cc1ccccc1)c1ccc2c(c1)OC(F)(F)O2. The van der Waals surface area contributed by atoms with Crippen LogP contribution in [0.5, 0.6) is 11.5 Å². The molecule has 0 unspecified atom stereocenters. The number of likely N-dealkylation sites (N-methyl/N-ethyl adjacent to an activating group) is 1. The highest BCUT2D eigenvalue weighted by Gasteiger charge is 2.43. The van der Waals surface area contributed by atoms with E-state index in [1.54, 1.807) is 13.1 Å². The number of amides is 1. The summed E-state index contributed by atoms with van der Waals surface area (Å²) >= 11 is 0. The lowest BCUT2D eigenvalue weighted by Gasteiger charge is -2.21. The van der Waals surface area contributed by atoms with Crippen molar-refractivity contribution in [1.29, 1.82) is 0 Å². The number of nitrogens with zero attached hydrogens (tertiary/aromatic N) is 4. The molecule has 3 heterocycles. The topological polar surface area (TPSA) is 78.6 Å². The second-order valence-electron chi connectivity index (χ2n) is 8.89. The minimum atomic E-state index is -3.76. The number of rotatable bonds is 6. The van der Waals surface area contributed by atoms with Gasteiger partial charge in [-0.1, -0.05) is 48.5 Å². The summed E-state index contributed by atoms with van der Waals surface area (Å²) in [4.78, 5) is 28.3. The molecule has 3 aromatic carbocycles. The van der Waals surface area contributed by atoms with Crippen molar-refractivity contribution in [2.45, 2.75) is 26.3 Å². The van der Waals surface area contributed by atoms with Crippen LogP contribution in [-0.4, -0.2) is 33.1 Å². The Morgan fingerprint density at radius 2 is 1.71 bits per heavy atom. The molecule has 1 aliphatic heterocycles. The summed E-state index contributed by atoms with van der Waals surface area (Å²) in [6, 6.07) is 21.7. The average Bonchev–Trinajstić information content (AvgIpc) is 3.39. The van der Waals surface area contributed by atoms with Gasteiger partial charge in [-0.05, 0) is 30.7 Å². The van der Waals surface area contributed by atoms with E-state index in [-0.39, 0.29) is 30.1 Å². The van der Waals surface area contributed by atoms with Gasteiger partial charge in [-0.15, -0.1) is 8.78 Å². The second kappa shape index (κ2) is 8.98. The van der Waals surface area contributed by atoms with E-state index in [0.717, 1.165) is 21.1 Å². The van der Waals surface area contributed by atoms with Gasteiger partial charge in [0, 0.05) is 35.7 Å². The van der Waals surface area contributed by atoms with E-state index < -0.39 is 12.2 Å². The van der Waals surface area contributed by atoms with Crippen molar-refractivity contribution in [3.63, 3.8) is 0 Å². The molecule has 0 bridgehead atoms. The summed E-state index contributed by atoms with van der Waals surface area (Å²) in [6.45, 7) is 2.21. The number of alkyl halides is 2. The van der Waals surface area contributed by atoms with Gasteiger partial charge in [0.2, 0.25) is 5.91 Å². The minimum absolute atomic E-state index is 0.113. The predicted octanol–water partition coefficient (Wildman–Crippen LogP) is 4.77. The summed E-state index contributed by atoms with van der Waals surface area (Å²) in [5.74, 6) is -0.709. The minimum Gasteiger partial charge on any atom is -0.395 e. The second-order valence-corrected chi connectivity index (χ2v) is 8.89. The number of carbonyl (C=O) groups excluding carboxylic acids is 1. The number of benzene rings is 3. The Balaban J connectivity index is 1.35. The molecule has 0 aliphatic carbocycles. The van der Waals surface area contributed by atoms with Gasteiger partial charge in [-0.25, -0.2) is 4.68 Å². The van der Waals surface area contributed by atoms with E-state index in [0.29, 0.717) is 23.1 Å². The molecule has 0 saturated carbocycles. The van der Waals surface area contributed by atoms with Crippen LogP contribution >= 0.6 is 0 Å². The lowest BCUT2D eigenvalue weighted by atomic mass is 10.2. The van der Waals surface area contributed by atoms with Gasteiger partial charge in [-0.2, -0.15) is 5.10 Å². The number of hydrogen-bond acceptors (Lipinski definition) is 5. The third-order valence-corrected chi connectivity index (χ3v) is 6.56. The van der Waals surface area contributed by atoms with Gasteiger partial charge in [0.25, 0.3) is 5.56 Å². The largest absolute Gasteiger partial charge is 0.586 e. The number of para-hydroxylation sites is 1. The zero-order valence-corrected chi connectivity index (χ0v) is 20.3. The third-order valence-electron chi connectivity index (χ3n) is 6.56. The molecule has 2 aromatic heterocycles. The van der Waals surface area contributed by atoms with E-state index in [2.05, 4.69) is 14.6 Å². The molecule has 0 atom stereocenters. The van der Waals surface area contributed by atoms with E-state index in [1.807, 2.05) is 59.2 Å². The smallest absolute Gasteiger partial charge is 0.395 e. The molecular formula is C28H22F2N4O4. The fourth-order valence-electron chi connectivity index (χ4n) is 4.86. The summed E-state index contributed by atoms with van der Waals surface area (Å²) in [5.41, 5.74) is 2.59. The molecule has 0 saturated heterocycles. The zero-order chi connectivity index (χ0) is 26.4. The number of aromatic nitrogens is 3. The summed E-state index contributed by atoms with van der Waals surface area (Å²) in [5, 5.41) is 5.58. The van der Waals surface area contributed by atoms with Crippen molar-refractivity contribution in [2.75, 3.05) is 11.4 Å². The van der Waals surface area contributed by atoms with E-state index >= 15 is 0 Å². The van der Waals surface area contributed by atoms with Gasteiger partial charge >= 0.3 is 6.29 Å². The molecule has 0 fully saturated rings. The van der Waals surface area contributed by atoms with Crippen LogP contribution in [0.2, 0.25) is 0 Å². The number of halogens is 2. The van der Waals surface area contributed by atoms with Crippen LogP contribution in [0.25, 0.3) is 21.8 Å². The van der Waals surface area contributed by atoms with Crippen LogP contribution in [0, 0.1) is 0 Å². The molecule has 38 heavy (non-hydrogen) atoms. The molecule has 1 amide bonds. The molecule has 0 radical (unpaired) electrons. The van der Waals surface area contributed by atoms with Crippen molar-refractivity contribution >= 4 is 33.4 Å². The van der Waals surface area contributed by atoms with E-state index in [4.69, 9.17) is 0 Å². The third kappa shape index (κ3) is 4.03. The van der Waals surface area contributed by atoms with E-state index in [1.165, 1.54) is 23.1 Å². The zero-order valence-electron chi connectivity index (χ0n) is 20.3. The Morgan fingerprint density at radius 1 is 0.974 bits per heavy atom. The molecule has 5 aromatic rings. The number of carbonyl (C=O) groups is 1. The Hall–Kier alpha value is -4.73. The molecule has 8 nitrogen and oxygen atoms in total. The quantitative estimate of drug-likeness (QED) is 0.325. The summed E-state index contributed by atoms with van der Waals surface area (Å²) < 4.78 is 39.0. The normalized spacial score (nSPS) is 13.8. The van der Waals surface area contributed by atoms with Gasteiger partial charge < -0.3 is 18.9 Å². The number of hydrogen-bond donors (Lipinski definition) is 0. The number of ether oxygens (including phenoxy) is 2. The maximum absolute atomic E-state index is 13.6. The molecule has 6 rings (SSSR count). The number of fused-ring (bicyclic) bond motifs is 4. The highest BCUT2D eigenvalue weighted by atomic mass is 19.3. The molecular weight excluding hydrogens is 494 g/mol. The van der Waals surface area contributed by atoms with Crippen LogP contribution in [-0.2, 0) is 17.9 Å². The molecule has 0 N–H and O–H groups in total. The summed E-state index contributed by atoms with van der Waals surface area (Å²) in [7, 11) is 0. The summed E-state index contributed by atoms with van der Waals surface area (Å²) in [6.07, 6.45) is -2.15. The molecule has 0 spiro atoms. The fourth-order valence-corrected chi connectivity index (χ4v) is 4.86. The highest BCUT2D eigenvalue weighted by molar-refractivity contribution is 6.07. The van der Waals surface area contributed by atoms with Crippen molar-refractivity contribution < 1.29 is 23.0 Å². The number of anilines is 1. The lowest BCUT2D eigenvalue weighted by Crippen LogP contribution is -2.37. The highest BCUT2D eigenvalue weighted by Crippen LogP contribution is 2.42. The average molecular weight is 517 g/mol. The van der Waals surface area contributed by atoms with Crippen LogP contribution in [0.4, 0.5) is 14.5 Å². The van der Waals surface area contributed by atoms with Crippen molar-refractivity contribution in [3.05, 3.63) is 94.9 Å². The van der Waals surface area contributed by atoms with Crippen LogP contribution in [0.15, 0.2) is 83.8 Å². The van der Waals surface area contributed by atoms with Crippen LogP contribution in [0.3, 0.4) is 0 Å². The first-order valence-electron chi connectivity index (χ1n) is 12.1. The predicted molar refractivity (Wildman–Crippen MR) is 138 cm³/mol. The molecule has 10 heteroatoms. The van der Waals surface area contributed by atoms with Gasteiger partial charge in [0.1, 0.15) is 6.54 Å². The fraction of sp³-hybridized carbons (Fsp3) is 0.179. The Morgan fingerprint density at radius 3 is 2.50 bits per heavy atom. The maximum atomic E-state index is 13.6. The van der Waals surface area contributed by atoms with Crippen molar-refractivity contribution in [2.24, 2.45) is 0 Å². The standard InChI is InChI=1S/C28H22F2N4O4/c1-2-32(19-12-13-23-24(14-19)38-28(29,30)37-23)25(35)17-34-27(36)26-20-10-6-7-11-21(20)33(22(26)15-31-34)16-18-8-4-3-5-9-18/h3-15H,2,16-17H2,1H3. The first kappa shape index (κ1) is 23.7. The first-order valence-corrected chi connectivity index (χ1v) is 12.1. The Bertz CT molecular complexity index is 1750. The monoisotopic (exact) mass is 516 g/mol. The van der Waals surface area contributed by atoms with Gasteiger partial charge in [-0.3, -0.25) is 9.59 Å². The molecule has 192 valence electrons. The Labute approximate surface area is 215 Å². The van der Waals surface area contributed by atoms with Crippen LogP contribution in [0.1, 0.15) is 12.5 Å². The first-order chi connectivity index (χ1) is 18.3. The van der Waals surface area contributed by atoms with Crippen LogP contribution < -0.4 is 19.9 Å². The maximum Gasteiger partial charge on any atom is 0.586 e. The lowest BCUT2D eigenvalue weighted by molar-refractivity contribution is -0.286. The van der Waals surface area contributed by atoms with Gasteiger partial charge in [0.05, 0.1) is 17.1 Å². The van der Waals surface area contributed by atoms with Crippen molar-refractivity contribution in [1.82, 2.24) is 14.3 Å². The Kier molecular flexibility index (Phi) is 5.59. The molecule has 1 aliphatic rings.